The number of esters is 2. The van der Waals surface area contributed by atoms with Gasteiger partial charge in [0.25, 0.3) is 0 Å². The van der Waals surface area contributed by atoms with E-state index in [1.807, 2.05) is 0 Å². The van der Waals surface area contributed by atoms with Gasteiger partial charge in [0.1, 0.15) is 6.61 Å². The predicted octanol–water partition coefficient (Wildman–Crippen LogP) is 20.8. The molecule has 0 aromatic rings. The smallest absolute Gasteiger partial charge is 0.306 e. The first kappa shape index (κ1) is 67.1. The standard InChI is InChI=1S/C65H114O5/c1-4-7-10-13-16-19-22-25-28-30-32-34-36-39-42-45-48-51-54-57-60-68-61-63(70-65(67)59-56-53-50-47-44-41-37-27-24-21-18-15-12-9-6-3)62-69-64(66)58-55-52-49-46-43-40-38-35-33-31-29-26-23-20-17-14-11-8-5-2/h8,11,17,20,25-29,33,35,37,40,43,63H,4-7,9-10,12-16,18-19,21-24,30-32,34,36,38-39,41-42,44-62H2,1-3H3/b11-8-,20-17-,28-25-,29-26-,35-33-,37-27-,43-40-. The molecule has 0 saturated heterocycles. The van der Waals surface area contributed by atoms with E-state index in [9.17, 15) is 9.59 Å². The van der Waals surface area contributed by atoms with Crippen molar-refractivity contribution in [3.63, 3.8) is 0 Å². The number of rotatable bonds is 55. The summed E-state index contributed by atoms with van der Waals surface area (Å²) in [7, 11) is 0. The molecule has 0 fully saturated rings. The minimum absolute atomic E-state index is 0.0624. The van der Waals surface area contributed by atoms with Gasteiger partial charge >= 0.3 is 11.9 Å². The molecular weight excluding hydrogens is 861 g/mol. The Labute approximate surface area is 435 Å². The summed E-state index contributed by atoms with van der Waals surface area (Å²) in [5, 5.41) is 0. The molecule has 0 saturated carbocycles. The maximum absolute atomic E-state index is 12.9. The maximum atomic E-state index is 12.9. The molecule has 0 amide bonds. The largest absolute Gasteiger partial charge is 0.462 e. The lowest BCUT2D eigenvalue weighted by molar-refractivity contribution is -0.163. The summed E-state index contributed by atoms with van der Waals surface area (Å²) in [4.78, 5) is 25.5. The Morgan fingerprint density at radius 2 is 0.643 bits per heavy atom. The molecule has 1 unspecified atom stereocenters. The zero-order valence-corrected chi connectivity index (χ0v) is 46.5. The van der Waals surface area contributed by atoms with E-state index in [4.69, 9.17) is 14.2 Å². The lowest BCUT2D eigenvalue weighted by Gasteiger charge is -2.18. The average molecular weight is 976 g/mol. The Morgan fingerprint density at radius 1 is 0.329 bits per heavy atom. The summed E-state index contributed by atoms with van der Waals surface area (Å²) >= 11 is 0. The van der Waals surface area contributed by atoms with Crippen molar-refractivity contribution in [3.05, 3.63) is 85.1 Å². The van der Waals surface area contributed by atoms with Gasteiger partial charge in [0.05, 0.1) is 6.61 Å². The van der Waals surface area contributed by atoms with Crippen LogP contribution in [0.5, 0.6) is 0 Å². The molecule has 404 valence electrons. The number of ether oxygens (including phenoxy) is 3. The molecule has 0 N–H and O–H groups in total. The highest BCUT2D eigenvalue weighted by Crippen LogP contribution is 2.15. The van der Waals surface area contributed by atoms with Crippen molar-refractivity contribution in [1.82, 2.24) is 0 Å². The highest BCUT2D eigenvalue weighted by Gasteiger charge is 2.17. The van der Waals surface area contributed by atoms with Crippen molar-refractivity contribution < 1.29 is 23.8 Å². The first-order valence-electron chi connectivity index (χ1n) is 30.1. The van der Waals surface area contributed by atoms with Gasteiger partial charge in [0, 0.05) is 19.4 Å². The molecule has 70 heavy (non-hydrogen) atoms. The van der Waals surface area contributed by atoms with Crippen molar-refractivity contribution in [3.8, 4) is 0 Å². The molecule has 0 aromatic heterocycles. The van der Waals surface area contributed by atoms with E-state index in [1.165, 1.54) is 161 Å². The minimum atomic E-state index is -0.559. The first-order chi connectivity index (χ1) is 34.6. The molecule has 0 aliphatic rings. The second-order valence-electron chi connectivity index (χ2n) is 19.9. The van der Waals surface area contributed by atoms with Gasteiger partial charge in [-0.2, -0.15) is 0 Å². The molecule has 1 atom stereocenters. The van der Waals surface area contributed by atoms with Gasteiger partial charge in [-0.05, 0) is 116 Å². The van der Waals surface area contributed by atoms with Crippen LogP contribution in [0.4, 0.5) is 0 Å². The second kappa shape index (κ2) is 60.4. The van der Waals surface area contributed by atoms with Crippen molar-refractivity contribution >= 4 is 11.9 Å². The van der Waals surface area contributed by atoms with Crippen LogP contribution in [0, 0.1) is 0 Å². The third kappa shape index (κ3) is 57.7. The molecular formula is C65H114O5. The number of carbonyl (C=O) groups is 2. The summed E-state index contributed by atoms with van der Waals surface area (Å²) in [6.45, 7) is 7.69. The number of hydrogen-bond acceptors (Lipinski definition) is 5. The second-order valence-corrected chi connectivity index (χ2v) is 19.9. The molecule has 0 aliphatic carbocycles. The zero-order valence-electron chi connectivity index (χ0n) is 46.5. The molecule has 5 heteroatoms. The number of unbranched alkanes of at least 4 members (excludes halogenated alkanes) is 30. The third-order valence-corrected chi connectivity index (χ3v) is 12.9. The molecule has 0 spiro atoms. The first-order valence-corrected chi connectivity index (χ1v) is 30.1. The van der Waals surface area contributed by atoms with Crippen LogP contribution >= 0.6 is 0 Å². The van der Waals surface area contributed by atoms with Crippen molar-refractivity contribution in [2.45, 2.75) is 297 Å². The number of hydrogen-bond donors (Lipinski definition) is 0. The lowest BCUT2D eigenvalue weighted by atomic mass is 10.1. The fraction of sp³-hybridized carbons (Fsp3) is 0.754. The monoisotopic (exact) mass is 975 g/mol. The fourth-order valence-corrected chi connectivity index (χ4v) is 8.41. The Balaban J connectivity index is 4.33. The topological polar surface area (TPSA) is 61.8 Å². The molecule has 0 rings (SSSR count). The van der Waals surface area contributed by atoms with Crippen LogP contribution in [0.25, 0.3) is 0 Å². The molecule has 0 bridgehead atoms. The van der Waals surface area contributed by atoms with E-state index >= 15 is 0 Å². The van der Waals surface area contributed by atoms with Gasteiger partial charge in [0.15, 0.2) is 6.10 Å². The summed E-state index contributed by atoms with van der Waals surface area (Å²) in [5.74, 6) is -0.438. The van der Waals surface area contributed by atoms with Gasteiger partial charge in [-0.3, -0.25) is 9.59 Å². The van der Waals surface area contributed by atoms with Gasteiger partial charge in [0.2, 0.25) is 0 Å². The summed E-state index contributed by atoms with van der Waals surface area (Å²) in [6.07, 6.45) is 80.4. The highest BCUT2D eigenvalue weighted by atomic mass is 16.6. The Kier molecular flexibility index (Phi) is 57.9. The zero-order chi connectivity index (χ0) is 50.6. The normalized spacial score (nSPS) is 12.8. The SMILES string of the molecule is CC/C=C\C/C=C\C/C=C\C/C=C\C/C=C\CCCCCC(=O)OCC(COCCCCCCCCCCCC/C=C\CCCCCCCC)OC(=O)CCCCCCC/C=C\CCCCCCCC. The van der Waals surface area contributed by atoms with Crippen LogP contribution in [0.1, 0.15) is 290 Å². The summed E-state index contributed by atoms with van der Waals surface area (Å²) < 4.78 is 17.5. The highest BCUT2D eigenvalue weighted by molar-refractivity contribution is 5.70. The number of carbonyl (C=O) groups excluding carboxylic acids is 2. The predicted molar refractivity (Wildman–Crippen MR) is 307 cm³/mol. The lowest BCUT2D eigenvalue weighted by Crippen LogP contribution is -2.30. The minimum Gasteiger partial charge on any atom is -0.462 e. The van der Waals surface area contributed by atoms with E-state index in [-0.39, 0.29) is 25.2 Å². The van der Waals surface area contributed by atoms with Crippen molar-refractivity contribution in [1.29, 1.82) is 0 Å². The van der Waals surface area contributed by atoms with Crippen LogP contribution in [0.3, 0.4) is 0 Å². The molecule has 0 heterocycles. The fourth-order valence-electron chi connectivity index (χ4n) is 8.41. The van der Waals surface area contributed by atoms with Crippen molar-refractivity contribution in [2.24, 2.45) is 0 Å². The third-order valence-electron chi connectivity index (χ3n) is 12.9. The van der Waals surface area contributed by atoms with E-state index < -0.39 is 6.10 Å². The van der Waals surface area contributed by atoms with Crippen molar-refractivity contribution in [2.75, 3.05) is 19.8 Å². The Hall–Kier alpha value is -2.92. The van der Waals surface area contributed by atoms with E-state index in [1.54, 1.807) is 0 Å². The van der Waals surface area contributed by atoms with E-state index in [0.29, 0.717) is 19.4 Å². The van der Waals surface area contributed by atoms with E-state index in [2.05, 4.69) is 106 Å². The molecule has 5 nitrogen and oxygen atoms in total. The average Bonchev–Trinajstić information content (AvgIpc) is 3.36. The summed E-state index contributed by atoms with van der Waals surface area (Å²) in [5.41, 5.74) is 0. The van der Waals surface area contributed by atoms with Gasteiger partial charge in [-0.1, -0.05) is 247 Å². The van der Waals surface area contributed by atoms with E-state index in [0.717, 1.165) is 96.3 Å². The van der Waals surface area contributed by atoms with Gasteiger partial charge < -0.3 is 14.2 Å². The van der Waals surface area contributed by atoms with Crippen LogP contribution in [-0.4, -0.2) is 37.9 Å². The molecule has 0 aromatic carbocycles. The number of allylic oxidation sites excluding steroid dienone is 14. The Morgan fingerprint density at radius 3 is 1.06 bits per heavy atom. The van der Waals surface area contributed by atoms with Gasteiger partial charge in [-0.25, -0.2) is 0 Å². The van der Waals surface area contributed by atoms with Crippen LogP contribution < -0.4 is 0 Å². The quantitative estimate of drug-likeness (QED) is 0.0345. The van der Waals surface area contributed by atoms with Gasteiger partial charge in [-0.15, -0.1) is 0 Å². The van der Waals surface area contributed by atoms with Crippen LogP contribution in [-0.2, 0) is 23.8 Å². The van der Waals surface area contributed by atoms with Crippen LogP contribution in [0.15, 0.2) is 85.1 Å². The van der Waals surface area contributed by atoms with Crippen LogP contribution in [0.2, 0.25) is 0 Å². The summed E-state index contributed by atoms with van der Waals surface area (Å²) in [6, 6.07) is 0. The molecule has 0 aliphatic heterocycles. The Bertz CT molecular complexity index is 1290. The molecule has 0 radical (unpaired) electrons. The maximum Gasteiger partial charge on any atom is 0.306 e.